The Bertz CT molecular complexity index is 1670. The molecule has 2 atom stereocenters. The summed E-state index contributed by atoms with van der Waals surface area (Å²) in [7, 11) is 2.94. The number of rotatable bonds is 8. The number of pyridine rings is 1. The Morgan fingerprint density at radius 1 is 1.10 bits per heavy atom. The van der Waals surface area contributed by atoms with Gasteiger partial charge in [-0.15, -0.1) is 0 Å². The molecule has 42 heavy (non-hydrogen) atoms. The highest BCUT2D eigenvalue weighted by atomic mass is 28.4. The van der Waals surface area contributed by atoms with E-state index in [0.29, 0.717) is 52.5 Å². The summed E-state index contributed by atoms with van der Waals surface area (Å²) in [6, 6.07) is 9.12. The Balaban J connectivity index is 1.59. The molecule has 0 saturated carbocycles. The number of ether oxygens (including phenoxy) is 2. The van der Waals surface area contributed by atoms with E-state index in [0.717, 1.165) is 5.56 Å². The summed E-state index contributed by atoms with van der Waals surface area (Å²) >= 11 is 0. The first-order chi connectivity index (χ1) is 19.9. The van der Waals surface area contributed by atoms with E-state index < -0.39 is 14.4 Å². The molecular formula is C30H39N7O4Si. The number of carbonyl (C=O) groups is 1. The average Bonchev–Trinajstić information content (AvgIpc) is 3.53. The van der Waals surface area contributed by atoms with Crippen LogP contribution in [0.5, 0.6) is 11.5 Å². The number of benzene rings is 1. The maximum Gasteiger partial charge on any atom is 0.248 e. The zero-order chi connectivity index (χ0) is 30.2. The van der Waals surface area contributed by atoms with Crippen LogP contribution >= 0.6 is 0 Å². The number of hydrogen-bond donors (Lipinski definition) is 1. The molecule has 5 rings (SSSR count). The summed E-state index contributed by atoms with van der Waals surface area (Å²) in [6.45, 7) is 11.3. The normalized spacial score (nSPS) is 18.0. The van der Waals surface area contributed by atoms with Gasteiger partial charge in [0.1, 0.15) is 28.6 Å². The minimum absolute atomic E-state index is 0.00210. The number of nitrogens with one attached hydrogen (secondary N) is 1. The third-order valence-electron chi connectivity index (χ3n) is 8.07. The largest absolute Gasteiger partial charge is 0.497 e. The van der Waals surface area contributed by atoms with Crippen LogP contribution in [0.2, 0.25) is 18.1 Å². The summed E-state index contributed by atoms with van der Waals surface area (Å²) in [5.41, 5.74) is 4.22. The molecule has 0 spiro atoms. The van der Waals surface area contributed by atoms with Crippen molar-refractivity contribution in [3.63, 3.8) is 0 Å². The molecule has 1 aromatic carbocycles. The van der Waals surface area contributed by atoms with Crippen molar-refractivity contribution in [3.8, 4) is 22.8 Å². The van der Waals surface area contributed by atoms with Gasteiger partial charge in [0.25, 0.3) is 0 Å². The molecule has 0 bridgehead atoms. The maximum atomic E-state index is 13.1. The minimum atomic E-state index is -2.14. The molecule has 222 valence electrons. The summed E-state index contributed by atoms with van der Waals surface area (Å²) < 4.78 is 21.2. The number of aryl methyl sites for hydroxylation is 1. The molecule has 1 saturated heterocycles. The molecule has 0 aliphatic carbocycles. The van der Waals surface area contributed by atoms with Gasteiger partial charge in [-0.2, -0.15) is 5.10 Å². The van der Waals surface area contributed by atoms with Gasteiger partial charge in [0.15, 0.2) is 14.0 Å². The minimum Gasteiger partial charge on any atom is -0.497 e. The first-order valence-electron chi connectivity index (χ1n) is 14.0. The molecule has 1 N–H and O–H groups in total. The lowest BCUT2D eigenvalue weighted by molar-refractivity contribution is -0.125. The van der Waals surface area contributed by atoms with Crippen LogP contribution in [0, 0.1) is 0 Å². The Morgan fingerprint density at radius 3 is 2.43 bits per heavy atom. The van der Waals surface area contributed by atoms with Crippen LogP contribution in [0.25, 0.3) is 22.4 Å². The van der Waals surface area contributed by atoms with Gasteiger partial charge >= 0.3 is 0 Å². The quantitative estimate of drug-likeness (QED) is 0.304. The summed E-state index contributed by atoms with van der Waals surface area (Å²) in [5, 5.41) is 7.45. The number of amides is 1. The van der Waals surface area contributed by atoms with Gasteiger partial charge in [0.05, 0.1) is 38.0 Å². The van der Waals surface area contributed by atoms with Crippen molar-refractivity contribution < 1.29 is 18.7 Å². The lowest BCUT2D eigenvalue weighted by Gasteiger charge is -2.37. The first kappa shape index (κ1) is 29.5. The van der Waals surface area contributed by atoms with Crippen molar-refractivity contribution in [1.29, 1.82) is 0 Å². The molecule has 11 nitrogen and oxygen atoms in total. The number of carbonyl (C=O) groups excluding carboxylic acids is 1. The zero-order valence-electron chi connectivity index (χ0n) is 25.5. The van der Waals surface area contributed by atoms with E-state index in [4.69, 9.17) is 28.9 Å². The predicted molar refractivity (Wildman–Crippen MR) is 163 cm³/mol. The van der Waals surface area contributed by atoms with Gasteiger partial charge in [-0.25, -0.2) is 9.98 Å². The van der Waals surface area contributed by atoms with Gasteiger partial charge < -0.3 is 23.8 Å². The summed E-state index contributed by atoms with van der Waals surface area (Å²) in [4.78, 5) is 27.8. The van der Waals surface area contributed by atoms with Crippen LogP contribution in [0.15, 0.2) is 53.9 Å². The molecule has 12 heteroatoms. The number of hydrogen-bond acceptors (Lipinski definition) is 8. The third-order valence-corrected chi connectivity index (χ3v) is 12.6. The lowest BCUT2D eigenvalue weighted by atomic mass is 10.2. The molecule has 3 aromatic heterocycles. The SMILES string of the molecule is COc1cc(N=c2ccc3ncc(-c4cnn(C)c4)nc3n2CC2CC(O[Si](C)(C)C(C)(C)C)C(=O)N2)cc(OC)c1. The van der Waals surface area contributed by atoms with Crippen LogP contribution in [0.1, 0.15) is 27.2 Å². The van der Waals surface area contributed by atoms with Crippen LogP contribution in [-0.4, -0.2) is 64.9 Å². The molecule has 1 fully saturated rings. The summed E-state index contributed by atoms with van der Waals surface area (Å²) in [6.07, 6.45) is 5.46. The fraction of sp³-hybridized carbons (Fsp3) is 0.433. The molecular weight excluding hydrogens is 550 g/mol. The molecule has 1 aliphatic rings. The van der Waals surface area contributed by atoms with Crippen molar-refractivity contribution in [1.82, 2.24) is 29.6 Å². The molecule has 1 aliphatic heterocycles. The van der Waals surface area contributed by atoms with Gasteiger partial charge in [-0.05, 0) is 30.3 Å². The van der Waals surface area contributed by atoms with E-state index in [9.17, 15) is 4.79 Å². The number of fused-ring (bicyclic) bond motifs is 1. The molecule has 4 aromatic rings. The fourth-order valence-electron chi connectivity index (χ4n) is 4.71. The Kier molecular flexibility index (Phi) is 7.95. The Hall–Kier alpha value is -4.03. The van der Waals surface area contributed by atoms with Gasteiger partial charge in [-0.1, -0.05) is 20.8 Å². The van der Waals surface area contributed by atoms with E-state index >= 15 is 0 Å². The highest BCUT2D eigenvalue weighted by Gasteiger charge is 2.43. The Labute approximate surface area is 246 Å². The zero-order valence-corrected chi connectivity index (χ0v) is 26.5. The highest BCUT2D eigenvalue weighted by Crippen LogP contribution is 2.38. The highest BCUT2D eigenvalue weighted by molar-refractivity contribution is 6.74. The van der Waals surface area contributed by atoms with Crippen LogP contribution in [0.3, 0.4) is 0 Å². The van der Waals surface area contributed by atoms with Crippen LogP contribution in [0.4, 0.5) is 5.69 Å². The van der Waals surface area contributed by atoms with E-state index in [1.54, 1.807) is 37.4 Å². The maximum absolute atomic E-state index is 13.1. The average molecular weight is 590 g/mol. The van der Waals surface area contributed by atoms with Crippen LogP contribution < -0.4 is 20.3 Å². The van der Waals surface area contributed by atoms with Gasteiger partial charge in [0, 0.05) is 56.0 Å². The van der Waals surface area contributed by atoms with Gasteiger partial charge in [0.2, 0.25) is 5.91 Å². The van der Waals surface area contributed by atoms with E-state index in [-0.39, 0.29) is 17.0 Å². The second-order valence-corrected chi connectivity index (χ2v) is 16.9. The monoisotopic (exact) mass is 589 g/mol. The number of methoxy groups -OCH3 is 2. The van der Waals surface area contributed by atoms with E-state index in [1.165, 1.54) is 0 Å². The standard InChI is InChI=1S/C30H39N7O4Si/c1-30(2,3)42(7,8)41-26-13-21(34-29(26)38)18-37-27(33-20-11-22(39-5)14-23(12-20)40-6)10-9-24-28(37)35-25(16-31-24)19-15-32-36(4)17-19/h9-12,14-17,21,26H,13,18H2,1-8H3,(H,34,38). The van der Waals surface area contributed by atoms with Crippen molar-refractivity contribution in [2.24, 2.45) is 12.0 Å². The predicted octanol–water partition coefficient (Wildman–Crippen LogP) is 4.36. The van der Waals surface area contributed by atoms with Crippen LogP contribution in [-0.2, 0) is 22.8 Å². The van der Waals surface area contributed by atoms with Crippen molar-refractivity contribution in [2.75, 3.05) is 14.2 Å². The van der Waals surface area contributed by atoms with Crippen molar-refractivity contribution >= 4 is 31.1 Å². The Morgan fingerprint density at radius 2 is 1.81 bits per heavy atom. The van der Waals surface area contributed by atoms with E-state index in [1.807, 2.05) is 42.1 Å². The number of aromatic nitrogens is 5. The van der Waals surface area contributed by atoms with Crippen molar-refractivity contribution in [3.05, 3.63) is 54.4 Å². The second-order valence-electron chi connectivity index (χ2n) is 12.2. The fourth-order valence-corrected chi connectivity index (χ4v) is 5.98. The third kappa shape index (κ3) is 6.09. The molecule has 0 radical (unpaired) electrons. The molecule has 4 heterocycles. The van der Waals surface area contributed by atoms with E-state index in [2.05, 4.69) is 44.3 Å². The topological polar surface area (TPSA) is 118 Å². The molecule has 1 amide bonds. The lowest BCUT2D eigenvalue weighted by Crippen LogP contribution is -2.45. The van der Waals surface area contributed by atoms with Crippen molar-refractivity contribution in [2.45, 2.75) is 64.0 Å². The molecule has 2 unspecified atom stereocenters. The first-order valence-corrected chi connectivity index (χ1v) is 16.9. The number of nitrogens with zero attached hydrogens (tertiary/aromatic N) is 6. The second kappa shape index (κ2) is 11.3. The summed E-state index contributed by atoms with van der Waals surface area (Å²) in [5.74, 6) is 1.18. The smallest absolute Gasteiger partial charge is 0.248 e. The van der Waals surface area contributed by atoms with Gasteiger partial charge in [-0.3, -0.25) is 14.5 Å².